The standard InChI is InChI=1S/C18H16O4/c1-4-11-7-13-10-15(22-18(13)17(8-11)21-3)12-5-6-14(19)16(9-12)20-2/h4-10,19H,1H2,2-3H3. The van der Waals surface area contributed by atoms with Crippen molar-refractivity contribution in [1.82, 2.24) is 0 Å². The lowest BCUT2D eigenvalue weighted by molar-refractivity contribution is 0.373. The molecule has 0 amide bonds. The molecule has 4 heteroatoms. The van der Waals surface area contributed by atoms with Crippen LogP contribution in [0.5, 0.6) is 17.2 Å². The second kappa shape index (κ2) is 5.48. The van der Waals surface area contributed by atoms with Gasteiger partial charge in [-0.2, -0.15) is 0 Å². The molecule has 0 bridgehead atoms. The van der Waals surface area contributed by atoms with E-state index in [9.17, 15) is 5.11 Å². The molecule has 4 nitrogen and oxygen atoms in total. The van der Waals surface area contributed by atoms with E-state index in [2.05, 4.69) is 6.58 Å². The normalized spacial score (nSPS) is 10.6. The summed E-state index contributed by atoms with van der Waals surface area (Å²) in [5, 5.41) is 10.6. The SMILES string of the molecule is C=Cc1cc(OC)c2oc(-c3ccc(O)c(OC)c3)cc2c1. The summed E-state index contributed by atoms with van der Waals surface area (Å²) >= 11 is 0. The fourth-order valence-electron chi connectivity index (χ4n) is 2.39. The van der Waals surface area contributed by atoms with Crippen molar-refractivity contribution in [1.29, 1.82) is 0 Å². The maximum Gasteiger partial charge on any atom is 0.176 e. The summed E-state index contributed by atoms with van der Waals surface area (Å²) in [7, 11) is 3.12. The molecule has 0 saturated heterocycles. The highest BCUT2D eigenvalue weighted by Crippen LogP contribution is 2.37. The number of phenols is 1. The van der Waals surface area contributed by atoms with Crippen LogP contribution in [0.15, 0.2) is 47.4 Å². The van der Waals surface area contributed by atoms with Gasteiger partial charge in [-0.25, -0.2) is 0 Å². The van der Waals surface area contributed by atoms with Gasteiger partial charge in [0.05, 0.1) is 14.2 Å². The molecule has 0 aliphatic heterocycles. The van der Waals surface area contributed by atoms with Gasteiger partial charge in [0.2, 0.25) is 0 Å². The second-order valence-electron chi connectivity index (χ2n) is 4.84. The van der Waals surface area contributed by atoms with E-state index in [1.807, 2.05) is 18.2 Å². The Labute approximate surface area is 128 Å². The van der Waals surface area contributed by atoms with Gasteiger partial charge >= 0.3 is 0 Å². The summed E-state index contributed by atoms with van der Waals surface area (Å²) in [5.41, 5.74) is 2.45. The van der Waals surface area contributed by atoms with Gasteiger partial charge in [0, 0.05) is 10.9 Å². The Kier molecular flexibility index (Phi) is 3.51. The number of benzene rings is 2. The highest BCUT2D eigenvalue weighted by molar-refractivity contribution is 5.89. The molecule has 0 spiro atoms. The highest BCUT2D eigenvalue weighted by Gasteiger charge is 2.13. The molecule has 0 saturated carbocycles. The van der Waals surface area contributed by atoms with Crippen LogP contribution in [0.1, 0.15) is 5.56 Å². The first-order valence-corrected chi connectivity index (χ1v) is 6.77. The number of methoxy groups -OCH3 is 2. The Morgan fingerprint density at radius 2 is 1.82 bits per heavy atom. The number of ether oxygens (including phenoxy) is 2. The van der Waals surface area contributed by atoms with E-state index in [-0.39, 0.29) is 5.75 Å². The molecule has 112 valence electrons. The van der Waals surface area contributed by atoms with Crippen LogP contribution in [0.4, 0.5) is 0 Å². The van der Waals surface area contributed by atoms with E-state index in [0.29, 0.717) is 22.8 Å². The summed E-state index contributed by atoms with van der Waals surface area (Å²) in [5.74, 6) is 1.82. The monoisotopic (exact) mass is 296 g/mol. The van der Waals surface area contributed by atoms with Gasteiger partial charge in [-0.15, -0.1) is 0 Å². The average Bonchev–Trinajstić information content (AvgIpc) is 2.98. The van der Waals surface area contributed by atoms with Gasteiger partial charge in [0.1, 0.15) is 5.76 Å². The predicted octanol–water partition coefficient (Wildman–Crippen LogP) is 4.47. The van der Waals surface area contributed by atoms with Crippen LogP contribution in [0.2, 0.25) is 0 Å². The van der Waals surface area contributed by atoms with E-state index in [0.717, 1.165) is 16.5 Å². The quantitative estimate of drug-likeness (QED) is 0.772. The van der Waals surface area contributed by atoms with Gasteiger partial charge < -0.3 is 19.0 Å². The van der Waals surface area contributed by atoms with Crippen molar-refractivity contribution in [2.75, 3.05) is 14.2 Å². The minimum absolute atomic E-state index is 0.0916. The summed E-state index contributed by atoms with van der Waals surface area (Å²) in [6.07, 6.45) is 1.76. The number of aromatic hydroxyl groups is 1. The molecule has 0 unspecified atom stereocenters. The minimum atomic E-state index is 0.0916. The summed E-state index contributed by atoms with van der Waals surface area (Å²) in [4.78, 5) is 0. The van der Waals surface area contributed by atoms with Crippen molar-refractivity contribution in [2.24, 2.45) is 0 Å². The molecule has 1 heterocycles. The summed E-state index contributed by atoms with van der Waals surface area (Å²) in [6, 6.07) is 10.9. The van der Waals surface area contributed by atoms with Crippen LogP contribution in [0.25, 0.3) is 28.4 Å². The Morgan fingerprint density at radius 1 is 1.05 bits per heavy atom. The third-order valence-electron chi connectivity index (χ3n) is 3.52. The van der Waals surface area contributed by atoms with Gasteiger partial charge in [-0.05, 0) is 42.0 Å². The lowest BCUT2D eigenvalue weighted by Crippen LogP contribution is -1.84. The zero-order valence-electron chi connectivity index (χ0n) is 12.4. The molecule has 2 aromatic carbocycles. The zero-order chi connectivity index (χ0) is 15.7. The van der Waals surface area contributed by atoms with Gasteiger partial charge in [-0.3, -0.25) is 0 Å². The molecular weight excluding hydrogens is 280 g/mol. The van der Waals surface area contributed by atoms with E-state index in [4.69, 9.17) is 13.9 Å². The fraction of sp³-hybridized carbons (Fsp3) is 0.111. The van der Waals surface area contributed by atoms with Crippen LogP contribution in [-0.4, -0.2) is 19.3 Å². The number of rotatable bonds is 4. The Hall–Kier alpha value is -2.88. The first-order chi connectivity index (χ1) is 10.7. The first-order valence-electron chi connectivity index (χ1n) is 6.77. The molecule has 1 aromatic heterocycles. The fourth-order valence-corrected chi connectivity index (χ4v) is 2.39. The maximum atomic E-state index is 9.69. The molecular formula is C18H16O4. The molecule has 22 heavy (non-hydrogen) atoms. The molecule has 0 aliphatic rings. The first kappa shape index (κ1) is 14.1. The van der Waals surface area contributed by atoms with Crippen molar-refractivity contribution in [2.45, 2.75) is 0 Å². The Morgan fingerprint density at radius 3 is 2.50 bits per heavy atom. The molecule has 0 fully saturated rings. The third-order valence-corrected chi connectivity index (χ3v) is 3.52. The number of hydrogen-bond acceptors (Lipinski definition) is 4. The van der Waals surface area contributed by atoms with E-state index < -0.39 is 0 Å². The van der Waals surface area contributed by atoms with Crippen molar-refractivity contribution in [3.63, 3.8) is 0 Å². The molecule has 3 aromatic rings. The topological polar surface area (TPSA) is 51.8 Å². The van der Waals surface area contributed by atoms with Crippen molar-refractivity contribution in [3.8, 4) is 28.6 Å². The molecule has 0 radical (unpaired) electrons. The molecule has 1 N–H and O–H groups in total. The van der Waals surface area contributed by atoms with Crippen LogP contribution in [0.3, 0.4) is 0 Å². The number of fused-ring (bicyclic) bond motifs is 1. The van der Waals surface area contributed by atoms with Crippen LogP contribution in [0, 0.1) is 0 Å². The summed E-state index contributed by atoms with van der Waals surface area (Å²) < 4.78 is 16.4. The number of hydrogen-bond donors (Lipinski definition) is 1. The minimum Gasteiger partial charge on any atom is -0.504 e. The van der Waals surface area contributed by atoms with Gasteiger partial charge in [0.15, 0.2) is 22.8 Å². The van der Waals surface area contributed by atoms with Gasteiger partial charge in [0.25, 0.3) is 0 Å². The van der Waals surface area contributed by atoms with E-state index in [1.165, 1.54) is 7.11 Å². The second-order valence-corrected chi connectivity index (χ2v) is 4.84. The molecule has 0 aliphatic carbocycles. The number of phenolic OH excluding ortho intramolecular Hbond substituents is 1. The summed E-state index contributed by atoms with van der Waals surface area (Å²) in [6.45, 7) is 3.78. The highest BCUT2D eigenvalue weighted by atomic mass is 16.5. The average molecular weight is 296 g/mol. The van der Waals surface area contributed by atoms with Crippen molar-refractivity contribution >= 4 is 17.0 Å². The van der Waals surface area contributed by atoms with Crippen LogP contribution >= 0.6 is 0 Å². The number of furan rings is 1. The van der Waals surface area contributed by atoms with E-state index in [1.54, 1.807) is 31.4 Å². The largest absolute Gasteiger partial charge is 0.504 e. The third kappa shape index (κ3) is 2.29. The maximum absolute atomic E-state index is 9.69. The molecule has 3 rings (SSSR count). The lowest BCUT2D eigenvalue weighted by atomic mass is 10.1. The smallest absolute Gasteiger partial charge is 0.176 e. The van der Waals surface area contributed by atoms with Crippen LogP contribution < -0.4 is 9.47 Å². The molecule has 0 atom stereocenters. The van der Waals surface area contributed by atoms with Crippen molar-refractivity contribution < 1.29 is 19.0 Å². The Bertz CT molecular complexity index is 846. The van der Waals surface area contributed by atoms with Gasteiger partial charge in [-0.1, -0.05) is 12.7 Å². The van der Waals surface area contributed by atoms with Crippen LogP contribution in [-0.2, 0) is 0 Å². The van der Waals surface area contributed by atoms with E-state index >= 15 is 0 Å². The zero-order valence-corrected chi connectivity index (χ0v) is 12.4. The van der Waals surface area contributed by atoms with Crippen molar-refractivity contribution in [3.05, 3.63) is 48.5 Å². The Balaban J connectivity index is 2.18. The lowest BCUT2D eigenvalue weighted by Gasteiger charge is -2.04. The predicted molar refractivity (Wildman–Crippen MR) is 86.5 cm³/mol.